The number of hydrogen-bond donors (Lipinski definition) is 1. The second-order valence-electron chi connectivity index (χ2n) is 3.98. The lowest BCUT2D eigenvalue weighted by atomic mass is 10.2. The summed E-state index contributed by atoms with van der Waals surface area (Å²) >= 11 is 5.95. The van der Waals surface area contributed by atoms with E-state index < -0.39 is 0 Å². The molecule has 0 aliphatic carbocycles. The predicted molar refractivity (Wildman–Crippen MR) is 59.3 cm³/mol. The van der Waals surface area contributed by atoms with Gasteiger partial charge in [0.1, 0.15) is 5.82 Å². The van der Waals surface area contributed by atoms with Crippen LogP contribution in [0.5, 0.6) is 0 Å². The zero-order valence-electron chi connectivity index (χ0n) is 8.42. The highest BCUT2D eigenvalue weighted by Gasteiger charge is 2.20. The van der Waals surface area contributed by atoms with Crippen LogP contribution in [0, 0.1) is 5.82 Å². The molecule has 1 aliphatic rings. The van der Waals surface area contributed by atoms with Crippen LogP contribution in [-0.2, 0) is 6.54 Å². The van der Waals surface area contributed by atoms with Crippen molar-refractivity contribution in [3.8, 4) is 0 Å². The lowest BCUT2D eigenvalue weighted by Crippen LogP contribution is -2.26. The van der Waals surface area contributed by atoms with Gasteiger partial charge in [-0.15, -0.1) is 0 Å². The summed E-state index contributed by atoms with van der Waals surface area (Å²) in [6.07, 6.45) is 0.978. The first-order valence-electron chi connectivity index (χ1n) is 5.07. The van der Waals surface area contributed by atoms with Crippen LogP contribution in [0.1, 0.15) is 12.0 Å². The zero-order valence-corrected chi connectivity index (χ0v) is 9.17. The van der Waals surface area contributed by atoms with Crippen molar-refractivity contribution in [1.82, 2.24) is 4.90 Å². The number of halogens is 2. The highest BCUT2D eigenvalue weighted by Crippen LogP contribution is 2.22. The molecule has 0 radical (unpaired) electrons. The SMILES string of the molecule is N[C@H]1CCN(Cc2c(F)cccc2Cl)C1. The smallest absolute Gasteiger partial charge is 0.129 e. The van der Waals surface area contributed by atoms with Crippen LogP contribution in [0.2, 0.25) is 5.02 Å². The number of likely N-dealkylation sites (tertiary alicyclic amines) is 1. The van der Waals surface area contributed by atoms with E-state index in [1.54, 1.807) is 12.1 Å². The van der Waals surface area contributed by atoms with E-state index in [0.29, 0.717) is 17.1 Å². The van der Waals surface area contributed by atoms with Crippen LogP contribution in [0.4, 0.5) is 4.39 Å². The van der Waals surface area contributed by atoms with Crippen molar-refractivity contribution in [2.45, 2.75) is 19.0 Å². The van der Waals surface area contributed by atoms with E-state index in [1.165, 1.54) is 6.07 Å². The fourth-order valence-corrected chi connectivity index (χ4v) is 2.14. The van der Waals surface area contributed by atoms with E-state index in [9.17, 15) is 4.39 Å². The topological polar surface area (TPSA) is 29.3 Å². The molecule has 1 aromatic carbocycles. The van der Waals surface area contributed by atoms with Crippen molar-refractivity contribution in [2.75, 3.05) is 13.1 Å². The van der Waals surface area contributed by atoms with Gasteiger partial charge in [-0.3, -0.25) is 4.90 Å². The average molecular weight is 229 g/mol. The van der Waals surface area contributed by atoms with Crippen LogP contribution in [0.3, 0.4) is 0 Å². The summed E-state index contributed by atoms with van der Waals surface area (Å²) in [6.45, 7) is 2.30. The molecule has 0 unspecified atom stereocenters. The largest absolute Gasteiger partial charge is 0.326 e. The maximum atomic E-state index is 13.5. The third-order valence-electron chi connectivity index (χ3n) is 2.75. The van der Waals surface area contributed by atoms with Crippen molar-refractivity contribution in [3.63, 3.8) is 0 Å². The van der Waals surface area contributed by atoms with Gasteiger partial charge in [-0.25, -0.2) is 4.39 Å². The van der Waals surface area contributed by atoms with Gasteiger partial charge in [-0.05, 0) is 18.6 Å². The third kappa shape index (κ3) is 2.48. The van der Waals surface area contributed by atoms with Crippen molar-refractivity contribution >= 4 is 11.6 Å². The van der Waals surface area contributed by atoms with E-state index in [2.05, 4.69) is 4.90 Å². The Labute approximate surface area is 93.8 Å². The molecule has 1 saturated heterocycles. The quantitative estimate of drug-likeness (QED) is 0.839. The summed E-state index contributed by atoms with van der Waals surface area (Å²) < 4.78 is 13.5. The van der Waals surface area contributed by atoms with Crippen molar-refractivity contribution in [2.24, 2.45) is 5.73 Å². The van der Waals surface area contributed by atoms with E-state index in [1.807, 2.05) is 0 Å². The Bertz CT molecular complexity index is 336. The van der Waals surface area contributed by atoms with Gasteiger partial charge in [-0.1, -0.05) is 17.7 Å². The van der Waals surface area contributed by atoms with E-state index in [0.717, 1.165) is 19.5 Å². The number of nitrogens with zero attached hydrogens (tertiary/aromatic N) is 1. The summed E-state index contributed by atoms with van der Waals surface area (Å²) in [7, 11) is 0. The number of rotatable bonds is 2. The summed E-state index contributed by atoms with van der Waals surface area (Å²) in [5.41, 5.74) is 6.36. The molecule has 1 fully saturated rings. The minimum atomic E-state index is -0.233. The first-order chi connectivity index (χ1) is 7.16. The maximum absolute atomic E-state index is 13.5. The fraction of sp³-hybridized carbons (Fsp3) is 0.455. The van der Waals surface area contributed by atoms with Crippen LogP contribution >= 0.6 is 11.6 Å². The number of nitrogens with two attached hydrogens (primary N) is 1. The third-order valence-corrected chi connectivity index (χ3v) is 3.11. The minimum Gasteiger partial charge on any atom is -0.326 e. The minimum absolute atomic E-state index is 0.218. The second kappa shape index (κ2) is 4.47. The fourth-order valence-electron chi connectivity index (χ4n) is 1.91. The van der Waals surface area contributed by atoms with Crippen molar-refractivity contribution < 1.29 is 4.39 Å². The summed E-state index contributed by atoms with van der Waals surface area (Å²) in [4.78, 5) is 2.13. The summed E-state index contributed by atoms with van der Waals surface area (Å²) in [5, 5.41) is 0.496. The molecule has 1 aromatic rings. The normalized spacial score (nSPS) is 22.2. The van der Waals surface area contributed by atoms with Gasteiger partial charge >= 0.3 is 0 Å². The molecule has 0 aromatic heterocycles. The summed E-state index contributed by atoms with van der Waals surface area (Å²) in [5.74, 6) is -0.233. The first-order valence-corrected chi connectivity index (χ1v) is 5.45. The zero-order chi connectivity index (χ0) is 10.8. The number of benzene rings is 1. The molecule has 2 N–H and O–H groups in total. The molecule has 1 aliphatic heterocycles. The molecule has 0 spiro atoms. The Hall–Kier alpha value is -0.640. The molecule has 0 saturated carbocycles. The monoisotopic (exact) mass is 228 g/mol. The standard InChI is InChI=1S/C11H14ClFN2/c12-10-2-1-3-11(13)9(10)7-15-5-4-8(14)6-15/h1-3,8H,4-7,14H2/t8-/m0/s1. The van der Waals surface area contributed by atoms with Gasteiger partial charge in [0.25, 0.3) is 0 Å². The number of hydrogen-bond acceptors (Lipinski definition) is 2. The average Bonchev–Trinajstić information content (AvgIpc) is 2.58. The molecule has 2 rings (SSSR count). The van der Waals surface area contributed by atoms with Crippen LogP contribution < -0.4 is 5.73 Å². The molecule has 0 bridgehead atoms. The molecule has 82 valence electrons. The van der Waals surface area contributed by atoms with E-state index >= 15 is 0 Å². The van der Waals surface area contributed by atoms with Gasteiger partial charge in [0.15, 0.2) is 0 Å². The lowest BCUT2D eigenvalue weighted by molar-refractivity contribution is 0.321. The Morgan fingerprint density at radius 2 is 2.33 bits per heavy atom. The van der Waals surface area contributed by atoms with Gasteiger partial charge in [0.2, 0.25) is 0 Å². The van der Waals surface area contributed by atoms with E-state index in [4.69, 9.17) is 17.3 Å². The van der Waals surface area contributed by atoms with E-state index in [-0.39, 0.29) is 11.9 Å². The molecule has 4 heteroatoms. The van der Waals surface area contributed by atoms with Crippen LogP contribution in [0.15, 0.2) is 18.2 Å². The van der Waals surface area contributed by atoms with Gasteiger partial charge < -0.3 is 5.73 Å². The molecular weight excluding hydrogens is 215 g/mol. The lowest BCUT2D eigenvalue weighted by Gasteiger charge is -2.16. The van der Waals surface area contributed by atoms with Gasteiger partial charge in [0, 0.05) is 36.3 Å². The summed E-state index contributed by atoms with van der Waals surface area (Å²) in [6, 6.07) is 5.00. The maximum Gasteiger partial charge on any atom is 0.129 e. The predicted octanol–water partition coefficient (Wildman–Crippen LogP) is 2.01. The van der Waals surface area contributed by atoms with Gasteiger partial charge in [0.05, 0.1) is 0 Å². The second-order valence-corrected chi connectivity index (χ2v) is 4.39. The molecule has 15 heavy (non-hydrogen) atoms. The molecular formula is C11H14ClFN2. The Kier molecular flexibility index (Phi) is 3.24. The molecule has 2 nitrogen and oxygen atoms in total. The van der Waals surface area contributed by atoms with Crippen LogP contribution in [0.25, 0.3) is 0 Å². The Morgan fingerprint density at radius 3 is 2.93 bits per heavy atom. The molecule has 1 heterocycles. The first kappa shape index (κ1) is 10.9. The van der Waals surface area contributed by atoms with Crippen molar-refractivity contribution in [1.29, 1.82) is 0 Å². The molecule has 1 atom stereocenters. The highest BCUT2D eigenvalue weighted by atomic mass is 35.5. The van der Waals surface area contributed by atoms with Gasteiger partial charge in [-0.2, -0.15) is 0 Å². The van der Waals surface area contributed by atoms with Crippen LogP contribution in [-0.4, -0.2) is 24.0 Å². The highest BCUT2D eigenvalue weighted by molar-refractivity contribution is 6.31. The van der Waals surface area contributed by atoms with Crippen molar-refractivity contribution in [3.05, 3.63) is 34.6 Å². The Balaban J connectivity index is 2.10. The molecule has 0 amide bonds. The Morgan fingerprint density at radius 1 is 1.53 bits per heavy atom.